The molecule has 4 rings (SSSR count). The van der Waals surface area contributed by atoms with Crippen LogP contribution < -0.4 is 10.2 Å². The number of thiazole rings is 1. The highest BCUT2D eigenvalue weighted by Crippen LogP contribution is 2.36. The molecule has 7 nitrogen and oxygen atoms in total. The maximum absolute atomic E-state index is 12.5. The standard InChI is InChI=1S/C22H25N5O2S3/c1-5-18(29)27(15-6-7-15)21-25-26-22(32-21)31-11-17(28)24-20-23-16(10-30-20)19-13(3)8-12(2)9-14(19)4/h8-10,15H,5-7,11H2,1-4H3,(H,23,24,28). The van der Waals surface area contributed by atoms with Gasteiger partial charge in [0.25, 0.3) is 0 Å². The number of carbonyl (C=O) groups is 2. The first-order valence-corrected chi connectivity index (χ1v) is 13.2. The molecule has 0 radical (unpaired) electrons. The van der Waals surface area contributed by atoms with Crippen molar-refractivity contribution in [2.24, 2.45) is 0 Å². The minimum absolute atomic E-state index is 0.0663. The molecule has 1 fully saturated rings. The molecule has 0 saturated heterocycles. The van der Waals surface area contributed by atoms with Crippen molar-refractivity contribution < 1.29 is 9.59 Å². The van der Waals surface area contributed by atoms with Gasteiger partial charge in [-0.25, -0.2) is 4.98 Å². The molecule has 1 aliphatic rings. The number of nitrogens with zero attached hydrogens (tertiary/aromatic N) is 4. The van der Waals surface area contributed by atoms with Gasteiger partial charge in [-0.15, -0.1) is 21.5 Å². The number of nitrogens with one attached hydrogen (secondary N) is 1. The number of hydrogen-bond acceptors (Lipinski definition) is 8. The quantitative estimate of drug-likeness (QED) is 0.346. The Morgan fingerprint density at radius 3 is 2.56 bits per heavy atom. The maximum Gasteiger partial charge on any atom is 0.236 e. The highest BCUT2D eigenvalue weighted by Gasteiger charge is 2.35. The van der Waals surface area contributed by atoms with Crippen molar-refractivity contribution in [3.05, 3.63) is 34.2 Å². The van der Waals surface area contributed by atoms with Crippen LogP contribution in [0.2, 0.25) is 0 Å². The molecule has 0 bridgehead atoms. The van der Waals surface area contributed by atoms with Gasteiger partial charge in [0.1, 0.15) is 0 Å². The summed E-state index contributed by atoms with van der Waals surface area (Å²) in [6.45, 7) is 8.10. The van der Waals surface area contributed by atoms with Crippen molar-refractivity contribution >= 4 is 56.5 Å². The Morgan fingerprint density at radius 2 is 1.91 bits per heavy atom. The number of carbonyl (C=O) groups excluding carboxylic acids is 2. The zero-order chi connectivity index (χ0) is 22.8. The van der Waals surface area contributed by atoms with E-state index >= 15 is 0 Å². The number of amides is 2. The number of rotatable bonds is 8. The smallest absolute Gasteiger partial charge is 0.236 e. The average Bonchev–Trinajstić information content (AvgIpc) is 3.28. The third kappa shape index (κ3) is 5.19. The third-order valence-corrected chi connectivity index (χ3v) is 7.91. The summed E-state index contributed by atoms with van der Waals surface area (Å²) >= 11 is 4.10. The minimum Gasteiger partial charge on any atom is -0.301 e. The Bertz CT molecular complexity index is 1130. The lowest BCUT2D eigenvalue weighted by Gasteiger charge is -2.17. The largest absolute Gasteiger partial charge is 0.301 e. The average molecular weight is 488 g/mol. The van der Waals surface area contributed by atoms with E-state index in [2.05, 4.69) is 53.4 Å². The minimum atomic E-state index is -0.145. The van der Waals surface area contributed by atoms with Crippen LogP contribution in [0.25, 0.3) is 11.3 Å². The number of aryl methyl sites for hydroxylation is 3. The zero-order valence-corrected chi connectivity index (χ0v) is 20.9. The molecule has 32 heavy (non-hydrogen) atoms. The van der Waals surface area contributed by atoms with Crippen LogP contribution in [0.3, 0.4) is 0 Å². The lowest BCUT2D eigenvalue weighted by atomic mass is 9.98. The van der Waals surface area contributed by atoms with E-state index in [1.54, 1.807) is 4.90 Å². The van der Waals surface area contributed by atoms with Gasteiger partial charge in [-0.05, 0) is 44.7 Å². The fraction of sp³-hybridized carbons (Fsp3) is 0.409. The normalized spacial score (nSPS) is 13.2. The molecule has 1 N–H and O–H groups in total. The van der Waals surface area contributed by atoms with E-state index in [9.17, 15) is 9.59 Å². The van der Waals surface area contributed by atoms with E-state index in [0.717, 1.165) is 24.1 Å². The first-order valence-electron chi connectivity index (χ1n) is 10.5. The SMILES string of the molecule is CCC(=O)N(c1nnc(SCC(=O)Nc2nc(-c3c(C)cc(C)cc3C)cs2)s1)C1CC1. The van der Waals surface area contributed by atoms with E-state index in [0.29, 0.717) is 21.0 Å². The number of aromatic nitrogens is 3. The van der Waals surface area contributed by atoms with E-state index in [4.69, 9.17) is 0 Å². The summed E-state index contributed by atoms with van der Waals surface area (Å²) in [6.07, 6.45) is 2.46. The first kappa shape index (κ1) is 22.9. The van der Waals surface area contributed by atoms with Crippen LogP contribution in [0.1, 0.15) is 42.9 Å². The van der Waals surface area contributed by atoms with E-state index < -0.39 is 0 Å². The molecule has 168 valence electrons. The fourth-order valence-corrected chi connectivity index (χ4v) is 6.09. The molecular formula is C22H25N5O2S3. The second-order valence-corrected chi connectivity index (χ2v) is 10.9. The molecule has 0 spiro atoms. The molecule has 10 heteroatoms. The van der Waals surface area contributed by atoms with Crippen LogP contribution in [0.5, 0.6) is 0 Å². The van der Waals surface area contributed by atoms with Gasteiger partial charge >= 0.3 is 0 Å². The van der Waals surface area contributed by atoms with Crippen molar-refractivity contribution in [1.29, 1.82) is 0 Å². The van der Waals surface area contributed by atoms with Crippen molar-refractivity contribution in [2.75, 3.05) is 16.0 Å². The summed E-state index contributed by atoms with van der Waals surface area (Å²) in [5.74, 6) is 0.127. The van der Waals surface area contributed by atoms with Crippen LogP contribution in [-0.4, -0.2) is 38.8 Å². The second kappa shape index (κ2) is 9.68. The monoisotopic (exact) mass is 487 g/mol. The van der Waals surface area contributed by atoms with Gasteiger partial charge in [0.2, 0.25) is 16.9 Å². The van der Waals surface area contributed by atoms with Crippen molar-refractivity contribution in [3.8, 4) is 11.3 Å². The van der Waals surface area contributed by atoms with Gasteiger partial charge < -0.3 is 5.32 Å². The number of hydrogen-bond donors (Lipinski definition) is 1. The summed E-state index contributed by atoms with van der Waals surface area (Å²) in [5.41, 5.74) is 5.57. The first-order chi connectivity index (χ1) is 15.4. The van der Waals surface area contributed by atoms with E-state index in [1.165, 1.54) is 51.1 Å². The Hall–Kier alpha value is -2.30. The van der Waals surface area contributed by atoms with Crippen molar-refractivity contribution in [2.45, 2.75) is 57.3 Å². The molecular weight excluding hydrogens is 462 g/mol. The lowest BCUT2D eigenvalue weighted by Crippen LogP contribution is -2.32. The molecule has 1 saturated carbocycles. The number of anilines is 2. The molecule has 2 aromatic heterocycles. The topological polar surface area (TPSA) is 88.1 Å². The predicted octanol–water partition coefficient (Wildman–Crippen LogP) is 5.22. The van der Waals surface area contributed by atoms with E-state index in [-0.39, 0.29) is 23.6 Å². The lowest BCUT2D eigenvalue weighted by molar-refractivity contribution is -0.118. The molecule has 2 heterocycles. The number of benzene rings is 1. The predicted molar refractivity (Wildman–Crippen MR) is 132 cm³/mol. The molecule has 1 aliphatic carbocycles. The fourth-order valence-electron chi connectivity index (χ4n) is 3.64. The van der Waals surface area contributed by atoms with Crippen LogP contribution in [0, 0.1) is 20.8 Å². The Morgan fingerprint density at radius 1 is 1.19 bits per heavy atom. The van der Waals surface area contributed by atoms with Crippen LogP contribution in [0.4, 0.5) is 10.3 Å². The van der Waals surface area contributed by atoms with Gasteiger partial charge in [0.05, 0.1) is 11.4 Å². The van der Waals surface area contributed by atoms with Crippen LogP contribution >= 0.6 is 34.4 Å². The zero-order valence-electron chi connectivity index (χ0n) is 18.5. The van der Waals surface area contributed by atoms with E-state index in [1.807, 2.05) is 12.3 Å². The highest BCUT2D eigenvalue weighted by atomic mass is 32.2. The van der Waals surface area contributed by atoms with Gasteiger partial charge in [-0.1, -0.05) is 47.7 Å². The van der Waals surface area contributed by atoms with Crippen molar-refractivity contribution in [3.63, 3.8) is 0 Å². The molecule has 0 aliphatic heterocycles. The summed E-state index contributed by atoms with van der Waals surface area (Å²) in [5, 5.41) is 14.4. The summed E-state index contributed by atoms with van der Waals surface area (Å²) in [7, 11) is 0. The maximum atomic E-state index is 12.5. The second-order valence-electron chi connectivity index (χ2n) is 7.85. The van der Waals surface area contributed by atoms with Crippen LogP contribution in [0.15, 0.2) is 21.9 Å². The molecule has 0 unspecified atom stereocenters. The van der Waals surface area contributed by atoms with Crippen LogP contribution in [-0.2, 0) is 9.59 Å². The van der Waals surface area contributed by atoms with Gasteiger partial charge in [-0.2, -0.15) is 0 Å². The third-order valence-electron chi connectivity index (χ3n) is 5.10. The Balaban J connectivity index is 1.36. The summed E-state index contributed by atoms with van der Waals surface area (Å²) < 4.78 is 0.676. The highest BCUT2D eigenvalue weighted by molar-refractivity contribution is 8.01. The van der Waals surface area contributed by atoms with Crippen molar-refractivity contribution in [1.82, 2.24) is 15.2 Å². The molecule has 0 atom stereocenters. The molecule has 3 aromatic rings. The van der Waals surface area contributed by atoms with Gasteiger partial charge in [0, 0.05) is 23.4 Å². The summed E-state index contributed by atoms with van der Waals surface area (Å²) in [6, 6.07) is 4.54. The Kier molecular flexibility index (Phi) is 6.92. The Labute approximate surface area is 199 Å². The summed E-state index contributed by atoms with van der Waals surface area (Å²) in [4.78, 5) is 31.0. The number of thioether (sulfide) groups is 1. The van der Waals surface area contributed by atoms with Gasteiger partial charge in [-0.3, -0.25) is 14.5 Å². The molecule has 1 aromatic carbocycles. The van der Waals surface area contributed by atoms with Gasteiger partial charge in [0.15, 0.2) is 9.47 Å². The molecule has 2 amide bonds.